The van der Waals surface area contributed by atoms with E-state index in [4.69, 9.17) is 0 Å². The van der Waals surface area contributed by atoms with Crippen LogP contribution in [-0.2, 0) is 0 Å². The fraction of sp³-hybridized carbons (Fsp3) is 0.667. The molecule has 1 saturated heterocycles. The Morgan fingerprint density at radius 3 is 2.59 bits per heavy atom. The van der Waals surface area contributed by atoms with Gasteiger partial charge in [-0.3, -0.25) is 4.79 Å². The Hall–Kier alpha value is -1.73. The van der Waals surface area contributed by atoms with Gasteiger partial charge in [0.2, 0.25) is 0 Å². The van der Waals surface area contributed by atoms with Crippen LogP contribution >= 0.6 is 0 Å². The highest BCUT2D eigenvalue weighted by molar-refractivity contribution is 5.92. The highest BCUT2D eigenvalue weighted by Crippen LogP contribution is 2.14. The molecule has 0 atom stereocenters. The number of piperazine rings is 1. The van der Waals surface area contributed by atoms with Gasteiger partial charge in [-0.1, -0.05) is 0 Å². The predicted molar refractivity (Wildman–Crippen MR) is 87.4 cm³/mol. The first-order chi connectivity index (χ1) is 10.5. The van der Waals surface area contributed by atoms with Crippen LogP contribution in [0.4, 0.5) is 5.82 Å². The van der Waals surface area contributed by atoms with Crippen LogP contribution in [0.25, 0.3) is 0 Å². The van der Waals surface area contributed by atoms with Gasteiger partial charge in [0, 0.05) is 45.3 Å². The molecule has 1 aliphatic heterocycles. The van der Waals surface area contributed by atoms with Crippen molar-refractivity contribution in [2.24, 2.45) is 0 Å². The van der Waals surface area contributed by atoms with Crippen molar-refractivity contribution in [2.45, 2.75) is 6.92 Å². The lowest BCUT2D eigenvalue weighted by Gasteiger charge is -2.33. The number of carbonyl (C=O) groups is 1. The number of hydrogen-bond acceptors (Lipinski definition) is 6. The minimum Gasteiger partial charge on any atom is -0.354 e. The van der Waals surface area contributed by atoms with Gasteiger partial charge in [-0.2, -0.15) is 0 Å². The Morgan fingerprint density at radius 2 is 1.95 bits per heavy atom. The summed E-state index contributed by atoms with van der Waals surface area (Å²) in [6, 6.07) is 1.79. The van der Waals surface area contributed by atoms with Crippen molar-refractivity contribution in [1.82, 2.24) is 25.1 Å². The summed E-state index contributed by atoms with van der Waals surface area (Å²) in [5.74, 6) is 1.34. The Morgan fingerprint density at radius 1 is 1.27 bits per heavy atom. The van der Waals surface area contributed by atoms with E-state index in [0.717, 1.165) is 38.5 Å². The zero-order valence-electron chi connectivity index (χ0n) is 14.0. The topological polar surface area (TPSA) is 64.6 Å². The fourth-order valence-corrected chi connectivity index (χ4v) is 2.35. The number of hydrogen-bond donors (Lipinski definition) is 1. The van der Waals surface area contributed by atoms with E-state index in [1.807, 2.05) is 25.9 Å². The lowest BCUT2D eigenvalue weighted by molar-refractivity contribution is 0.0945. The molecule has 1 aromatic heterocycles. The molecule has 2 rings (SSSR count). The van der Waals surface area contributed by atoms with Gasteiger partial charge < -0.3 is 20.0 Å². The van der Waals surface area contributed by atoms with Crippen LogP contribution < -0.4 is 10.2 Å². The van der Waals surface area contributed by atoms with Crippen LogP contribution in [-0.4, -0.2) is 86.1 Å². The smallest absolute Gasteiger partial charge is 0.270 e. The molecule has 0 radical (unpaired) electrons. The normalized spacial score (nSPS) is 16.1. The third-order valence-corrected chi connectivity index (χ3v) is 3.73. The minimum absolute atomic E-state index is 0.136. The number of aryl methyl sites for hydroxylation is 1. The van der Waals surface area contributed by atoms with Crippen LogP contribution in [0.5, 0.6) is 0 Å². The summed E-state index contributed by atoms with van der Waals surface area (Å²) < 4.78 is 0. The monoisotopic (exact) mass is 306 g/mol. The number of likely N-dealkylation sites (N-methyl/N-ethyl adjacent to an activating group) is 2. The van der Waals surface area contributed by atoms with Crippen LogP contribution in [0, 0.1) is 6.92 Å². The second-order valence-corrected chi connectivity index (χ2v) is 6.01. The quantitative estimate of drug-likeness (QED) is 0.815. The molecule has 0 spiro atoms. The van der Waals surface area contributed by atoms with E-state index >= 15 is 0 Å². The van der Waals surface area contributed by atoms with E-state index in [9.17, 15) is 4.79 Å². The zero-order valence-corrected chi connectivity index (χ0v) is 14.0. The minimum atomic E-state index is -0.136. The molecule has 1 N–H and O–H groups in total. The average Bonchev–Trinajstić information content (AvgIpc) is 2.46. The number of anilines is 1. The lowest BCUT2D eigenvalue weighted by Crippen LogP contribution is -2.45. The molecule has 0 aliphatic carbocycles. The summed E-state index contributed by atoms with van der Waals surface area (Å²) in [5, 5.41) is 2.90. The van der Waals surface area contributed by atoms with E-state index in [1.54, 1.807) is 6.07 Å². The summed E-state index contributed by atoms with van der Waals surface area (Å²) in [7, 11) is 6.07. The number of carbonyl (C=O) groups excluding carboxylic acids is 1. The molecule has 122 valence electrons. The number of rotatable bonds is 5. The van der Waals surface area contributed by atoms with Gasteiger partial charge >= 0.3 is 0 Å². The molecule has 2 heterocycles. The molecule has 1 aliphatic rings. The van der Waals surface area contributed by atoms with Crippen molar-refractivity contribution in [2.75, 3.05) is 65.3 Å². The van der Waals surface area contributed by atoms with E-state index in [1.165, 1.54) is 0 Å². The maximum Gasteiger partial charge on any atom is 0.270 e. The maximum atomic E-state index is 12.2. The highest BCUT2D eigenvalue weighted by atomic mass is 16.1. The molecular weight excluding hydrogens is 280 g/mol. The number of nitrogens with zero attached hydrogens (tertiary/aromatic N) is 5. The average molecular weight is 306 g/mol. The van der Waals surface area contributed by atoms with Gasteiger partial charge in [-0.15, -0.1) is 0 Å². The number of aromatic nitrogens is 2. The first kappa shape index (κ1) is 16.6. The van der Waals surface area contributed by atoms with Gasteiger partial charge in [0.05, 0.1) is 0 Å². The number of amides is 1. The maximum absolute atomic E-state index is 12.2. The number of nitrogens with one attached hydrogen (secondary N) is 1. The summed E-state index contributed by atoms with van der Waals surface area (Å²) in [6.07, 6.45) is 0. The SMILES string of the molecule is Cc1nc(C(=O)NCCN(C)C)cc(N2CCN(C)CC2)n1. The van der Waals surface area contributed by atoms with Crippen molar-refractivity contribution >= 4 is 11.7 Å². The molecule has 1 aromatic rings. The molecule has 1 fully saturated rings. The van der Waals surface area contributed by atoms with Crippen molar-refractivity contribution in [3.8, 4) is 0 Å². The zero-order chi connectivity index (χ0) is 16.1. The Bertz CT molecular complexity index is 511. The van der Waals surface area contributed by atoms with Crippen LogP contribution in [0.2, 0.25) is 0 Å². The van der Waals surface area contributed by atoms with E-state index in [0.29, 0.717) is 18.1 Å². The largest absolute Gasteiger partial charge is 0.354 e. The van der Waals surface area contributed by atoms with Gasteiger partial charge in [-0.05, 0) is 28.1 Å². The predicted octanol–water partition coefficient (Wildman–Crippen LogP) is -0.172. The van der Waals surface area contributed by atoms with Crippen LogP contribution in [0.1, 0.15) is 16.3 Å². The molecule has 0 aromatic carbocycles. The first-order valence-corrected chi connectivity index (χ1v) is 7.68. The highest BCUT2D eigenvalue weighted by Gasteiger charge is 2.18. The van der Waals surface area contributed by atoms with Gasteiger partial charge in [-0.25, -0.2) is 9.97 Å². The molecule has 0 bridgehead atoms. The molecular formula is C15H26N6O. The molecule has 0 saturated carbocycles. The van der Waals surface area contributed by atoms with Gasteiger partial charge in [0.1, 0.15) is 17.3 Å². The molecule has 0 unspecified atom stereocenters. The summed E-state index contributed by atoms with van der Waals surface area (Å²) in [4.78, 5) is 27.5. The summed E-state index contributed by atoms with van der Waals surface area (Å²) in [6.45, 7) is 7.11. The van der Waals surface area contributed by atoms with Gasteiger partial charge in [0.25, 0.3) is 5.91 Å². The second-order valence-electron chi connectivity index (χ2n) is 6.01. The van der Waals surface area contributed by atoms with E-state index < -0.39 is 0 Å². The Balaban J connectivity index is 2.04. The van der Waals surface area contributed by atoms with Gasteiger partial charge in [0.15, 0.2) is 0 Å². The molecule has 1 amide bonds. The summed E-state index contributed by atoms with van der Waals surface area (Å²) in [5.41, 5.74) is 0.445. The van der Waals surface area contributed by atoms with Crippen LogP contribution in [0.3, 0.4) is 0 Å². The van der Waals surface area contributed by atoms with E-state index in [-0.39, 0.29) is 5.91 Å². The second kappa shape index (κ2) is 7.51. The molecule has 22 heavy (non-hydrogen) atoms. The first-order valence-electron chi connectivity index (χ1n) is 7.68. The third kappa shape index (κ3) is 4.64. The van der Waals surface area contributed by atoms with Crippen molar-refractivity contribution in [1.29, 1.82) is 0 Å². The Labute approximate surface area is 132 Å². The summed E-state index contributed by atoms with van der Waals surface area (Å²) >= 11 is 0. The molecule has 7 heteroatoms. The van der Waals surface area contributed by atoms with E-state index in [2.05, 4.69) is 32.1 Å². The third-order valence-electron chi connectivity index (χ3n) is 3.73. The Kier molecular flexibility index (Phi) is 5.68. The lowest BCUT2D eigenvalue weighted by atomic mass is 10.3. The van der Waals surface area contributed by atoms with Crippen molar-refractivity contribution in [3.63, 3.8) is 0 Å². The molecule has 7 nitrogen and oxygen atoms in total. The van der Waals surface area contributed by atoms with Crippen LogP contribution in [0.15, 0.2) is 6.07 Å². The fourth-order valence-electron chi connectivity index (χ4n) is 2.35. The standard InChI is InChI=1S/C15H26N6O/c1-12-17-13(15(22)16-5-6-19(2)3)11-14(18-12)21-9-7-20(4)8-10-21/h11H,5-10H2,1-4H3,(H,16,22). The van der Waals surface area contributed by atoms with Crippen molar-refractivity contribution < 1.29 is 4.79 Å². The van der Waals surface area contributed by atoms with Crippen molar-refractivity contribution in [3.05, 3.63) is 17.6 Å².